The van der Waals surface area contributed by atoms with Crippen LogP contribution in [-0.4, -0.2) is 41.8 Å². The van der Waals surface area contributed by atoms with Gasteiger partial charge in [-0.25, -0.2) is 19.3 Å². The molecule has 4 aromatic heterocycles. The zero-order chi connectivity index (χ0) is 19.3. The molecule has 1 atom stereocenters. The SMILES string of the molecule is Cl.Cn1c(=O)n(C2CCCNC2)c2nc(-c3cnn4ccc(C#N)cc34)ncc21. The molecule has 5 rings (SSSR count). The van der Waals surface area contributed by atoms with Crippen molar-refractivity contribution in [1.29, 1.82) is 5.26 Å². The van der Waals surface area contributed by atoms with Crippen molar-refractivity contribution < 1.29 is 0 Å². The van der Waals surface area contributed by atoms with Crippen molar-refractivity contribution in [2.75, 3.05) is 13.1 Å². The second kappa shape index (κ2) is 7.31. The standard InChI is InChI=1S/C19H18N8O.ClH/c1-25-16-11-22-17(14-10-23-26-6-4-12(8-20)7-15(14)26)24-18(16)27(19(25)28)13-3-2-5-21-9-13;/h4,6-7,10-11,13,21H,2-3,5,9H2,1H3;1H. The van der Waals surface area contributed by atoms with E-state index in [0.29, 0.717) is 22.6 Å². The van der Waals surface area contributed by atoms with Crippen LogP contribution in [0.4, 0.5) is 0 Å². The lowest BCUT2D eigenvalue weighted by Gasteiger charge is -2.23. The van der Waals surface area contributed by atoms with Gasteiger partial charge in [0.1, 0.15) is 5.52 Å². The van der Waals surface area contributed by atoms with Crippen molar-refractivity contribution in [2.45, 2.75) is 18.9 Å². The molecule has 10 heteroatoms. The molecule has 5 heterocycles. The Hall–Kier alpha value is -3.22. The largest absolute Gasteiger partial charge is 0.330 e. The van der Waals surface area contributed by atoms with Gasteiger partial charge in [0, 0.05) is 19.8 Å². The van der Waals surface area contributed by atoms with Crippen LogP contribution in [0.1, 0.15) is 24.4 Å². The van der Waals surface area contributed by atoms with Crippen molar-refractivity contribution in [2.24, 2.45) is 7.05 Å². The van der Waals surface area contributed by atoms with Crippen LogP contribution in [-0.2, 0) is 7.05 Å². The lowest BCUT2D eigenvalue weighted by molar-refractivity contribution is 0.368. The van der Waals surface area contributed by atoms with Crippen LogP contribution in [0.15, 0.2) is 35.5 Å². The van der Waals surface area contributed by atoms with Gasteiger partial charge in [0.15, 0.2) is 11.5 Å². The van der Waals surface area contributed by atoms with Gasteiger partial charge < -0.3 is 5.32 Å². The fraction of sp³-hybridized carbons (Fsp3) is 0.316. The Bertz CT molecular complexity index is 1310. The van der Waals surface area contributed by atoms with Gasteiger partial charge in [-0.05, 0) is 31.5 Å². The zero-order valence-corrected chi connectivity index (χ0v) is 16.6. The fourth-order valence-corrected chi connectivity index (χ4v) is 3.87. The number of rotatable bonds is 2. The van der Waals surface area contributed by atoms with Crippen molar-refractivity contribution in [3.63, 3.8) is 0 Å². The topological polar surface area (TPSA) is 106 Å². The van der Waals surface area contributed by atoms with Crippen LogP contribution in [0.5, 0.6) is 0 Å². The Morgan fingerprint density at radius 3 is 2.93 bits per heavy atom. The number of nitriles is 1. The summed E-state index contributed by atoms with van der Waals surface area (Å²) in [6, 6.07) is 5.68. The molecule has 0 radical (unpaired) electrons. The van der Waals surface area contributed by atoms with E-state index in [1.807, 2.05) is 0 Å². The van der Waals surface area contributed by atoms with E-state index in [4.69, 9.17) is 4.98 Å². The summed E-state index contributed by atoms with van der Waals surface area (Å²) in [6.45, 7) is 1.72. The van der Waals surface area contributed by atoms with Crippen molar-refractivity contribution in [3.05, 3.63) is 46.8 Å². The number of pyridine rings is 1. The lowest BCUT2D eigenvalue weighted by Crippen LogP contribution is -2.36. The van der Waals surface area contributed by atoms with E-state index < -0.39 is 0 Å². The molecule has 0 amide bonds. The van der Waals surface area contributed by atoms with Gasteiger partial charge in [-0.2, -0.15) is 10.4 Å². The molecule has 4 aromatic rings. The molecule has 0 saturated carbocycles. The first-order valence-corrected chi connectivity index (χ1v) is 9.20. The summed E-state index contributed by atoms with van der Waals surface area (Å²) in [5.41, 5.74) is 3.27. The number of nitrogens with zero attached hydrogens (tertiary/aromatic N) is 7. The molecule has 0 aliphatic carbocycles. The first-order chi connectivity index (χ1) is 13.7. The van der Waals surface area contributed by atoms with E-state index in [0.717, 1.165) is 37.0 Å². The highest BCUT2D eigenvalue weighted by Gasteiger charge is 2.23. The Labute approximate surface area is 172 Å². The molecular formula is C19H19ClN8O. The van der Waals surface area contributed by atoms with Crippen molar-refractivity contribution in [1.82, 2.24) is 34.0 Å². The second-order valence-corrected chi connectivity index (χ2v) is 7.03. The van der Waals surface area contributed by atoms with E-state index >= 15 is 0 Å². The number of aromatic nitrogens is 6. The summed E-state index contributed by atoms with van der Waals surface area (Å²) in [5, 5.41) is 16.9. The Morgan fingerprint density at radius 1 is 1.31 bits per heavy atom. The van der Waals surface area contributed by atoms with Crippen LogP contribution in [0.3, 0.4) is 0 Å². The zero-order valence-electron chi connectivity index (χ0n) is 15.7. The molecule has 1 aliphatic rings. The number of fused-ring (bicyclic) bond motifs is 2. The van der Waals surface area contributed by atoms with E-state index in [2.05, 4.69) is 21.5 Å². The molecular weight excluding hydrogens is 392 g/mol. The molecule has 0 bridgehead atoms. The molecule has 148 valence electrons. The minimum atomic E-state index is -0.0817. The number of piperidine rings is 1. The molecule has 1 fully saturated rings. The number of nitrogens with one attached hydrogen (secondary N) is 1. The highest BCUT2D eigenvalue weighted by atomic mass is 35.5. The van der Waals surface area contributed by atoms with Crippen molar-refractivity contribution >= 4 is 29.1 Å². The maximum Gasteiger partial charge on any atom is 0.330 e. The number of hydrogen-bond acceptors (Lipinski definition) is 6. The third-order valence-electron chi connectivity index (χ3n) is 5.36. The minimum absolute atomic E-state index is 0. The summed E-state index contributed by atoms with van der Waals surface area (Å²) in [6.07, 6.45) is 7.07. The summed E-state index contributed by atoms with van der Waals surface area (Å²) < 4.78 is 5.06. The van der Waals surface area contributed by atoms with E-state index in [9.17, 15) is 10.1 Å². The molecule has 1 aliphatic heterocycles. The van der Waals surface area contributed by atoms with Gasteiger partial charge in [-0.15, -0.1) is 12.4 Å². The fourth-order valence-electron chi connectivity index (χ4n) is 3.87. The summed E-state index contributed by atoms with van der Waals surface area (Å²) in [4.78, 5) is 22.1. The van der Waals surface area contributed by atoms with Crippen LogP contribution in [0, 0.1) is 11.3 Å². The van der Waals surface area contributed by atoms with Gasteiger partial charge in [0.25, 0.3) is 0 Å². The first-order valence-electron chi connectivity index (χ1n) is 9.20. The summed E-state index contributed by atoms with van der Waals surface area (Å²) in [7, 11) is 1.75. The van der Waals surface area contributed by atoms with Gasteiger partial charge in [-0.1, -0.05) is 0 Å². The quantitative estimate of drug-likeness (QED) is 0.538. The number of halogens is 1. The molecule has 9 nitrogen and oxygen atoms in total. The average Bonchev–Trinajstić information content (AvgIpc) is 3.27. The third kappa shape index (κ3) is 2.97. The molecule has 0 aromatic carbocycles. The monoisotopic (exact) mass is 410 g/mol. The van der Waals surface area contributed by atoms with Crippen LogP contribution in [0.25, 0.3) is 28.1 Å². The normalized spacial score (nSPS) is 16.6. The number of imidazole rings is 1. The van der Waals surface area contributed by atoms with Gasteiger partial charge >= 0.3 is 5.69 Å². The Balaban J connectivity index is 0.00000205. The highest BCUT2D eigenvalue weighted by Crippen LogP contribution is 2.25. The van der Waals surface area contributed by atoms with Gasteiger partial charge in [-0.3, -0.25) is 9.13 Å². The van der Waals surface area contributed by atoms with Crippen molar-refractivity contribution in [3.8, 4) is 17.5 Å². The minimum Gasteiger partial charge on any atom is -0.315 e. The van der Waals surface area contributed by atoms with Crippen LogP contribution in [0.2, 0.25) is 0 Å². The predicted molar refractivity (Wildman–Crippen MR) is 110 cm³/mol. The van der Waals surface area contributed by atoms with Gasteiger partial charge in [0.05, 0.1) is 41.1 Å². The van der Waals surface area contributed by atoms with Gasteiger partial charge in [0.2, 0.25) is 0 Å². The summed E-state index contributed by atoms with van der Waals surface area (Å²) >= 11 is 0. The maximum atomic E-state index is 12.9. The van der Waals surface area contributed by atoms with E-state index in [1.165, 1.54) is 0 Å². The van der Waals surface area contributed by atoms with E-state index in [1.54, 1.807) is 51.4 Å². The molecule has 0 spiro atoms. The number of aryl methyl sites for hydroxylation is 1. The third-order valence-corrected chi connectivity index (χ3v) is 5.36. The second-order valence-electron chi connectivity index (χ2n) is 7.03. The van der Waals surface area contributed by atoms with Crippen LogP contribution < -0.4 is 11.0 Å². The first kappa shape index (κ1) is 19.1. The Kier molecular flexibility index (Phi) is 4.82. The smallest absolute Gasteiger partial charge is 0.315 e. The molecule has 1 N–H and O–H groups in total. The maximum absolute atomic E-state index is 12.9. The molecule has 1 unspecified atom stereocenters. The Morgan fingerprint density at radius 2 is 2.17 bits per heavy atom. The summed E-state index contributed by atoms with van der Waals surface area (Å²) in [5.74, 6) is 0.487. The predicted octanol–water partition coefficient (Wildman–Crippen LogP) is 1.66. The lowest BCUT2D eigenvalue weighted by atomic mass is 10.1. The highest BCUT2D eigenvalue weighted by molar-refractivity contribution is 5.85. The van der Waals surface area contributed by atoms with E-state index in [-0.39, 0.29) is 24.1 Å². The van der Waals surface area contributed by atoms with Crippen LogP contribution >= 0.6 is 12.4 Å². The average molecular weight is 411 g/mol. The number of hydrogen-bond donors (Lipinski definition) is 1. The molecule has 29 heavy (non-hydrogen) atoms. The molecule has 1 saturated heterocycles.